The lowest BCUT2D eigenvalue weighted by atomic mass is 10.0. The van der Waals surface area contributed by atoms with Crippen molar-refractivity contribution >= 4 is 127 Å². The molecule has 6 aromatic carbocycles. The summed E-state index contributed by atoms with van der Waals surface area (Å²) in [4.78, 5) is 134. The van der Waals surface area contributed by atoms with Gasteiger partial charge in [0, 0.05) is 93.4 Å². The van der Waals surface area contributed by atoms with Gasteiger partial charge in [-0.2, -0.15) is 11.3 Å². The molecule has 0 atom stereocenters. The fourth-order valence-corrected chi connectivity index (χ4v) is 11.2. The van der Waals surface area contributed by atoms with Crippen molar-refractivity contribution in [3.8, 4) is 11.1 Å². The van der Waals surface area contributed by atoms with E-state index < -0.39 is 71.6 Å². The Labute approximate surface area is 717 Å². The van der Waals surface area contributed by atoms with E-state index in [-0.39, 0.29) is 85.2 Å². The zero-order valence-corrected chi connectivity index (χ0v) is 68.6. The molecule has 0 unspecified atom stereocenters. The molecule has 4 heterocycles. The molecule has 0 amide bonds. The summed E-state index contributed by atoms with van der Waals surface area (Å²) in [5.74, 6) is -4.92. The van der Waals surface area contributed by atoms with Crippen molar-refractivity contribution in [1.82, 2.24) is 0 Å². The van der Waals surface area contributed by atoms with Crippen LogP contribution in [0.4, 0.5) is 0 Å². The van der Waals surface area contributed by atoms with Crippen LogP contribution in [-0.2, 0) is 180 Å². The number of esters is 12. The molecule has 10 rings (SSSR count). The number of furan rings is 2. The minimum absolute atomic E-state index is 0.0141. The zero-order valence-electron chi connectivity index (χ0n) is 67.0. The van der Waals surface area contributed by atoms with E-state index in [0.29, 0.717) is 11.5 Å². The lowest BCUT2D eigenvalue weighted by Crippen LogP contribution is -2.17. The first kappa shape index (κ1) is 98.2. The van der Waals surface area contributed by atoms with Gasteiger partial charge in [-0.25, -0.2) is 57.5 Å². The number of carbonyl (C=O) groups is 12. The molecule has 0 saturated heterocycles. The summed E-state index contributed by atoms with van der Waals surface area (Å²) >= 11 is 2.94. The monoisotopic (exact) mass is 1710 g/mol. The summed E-state index contributed by atoms with van der Waals surface area (Å²) in [5, 5.41) is 7.68. The number of hydrogen-bond donors (Lipinski definition) is 0. The van der Waals surface area contributed by atoms with E-state index in [1.807, 2.05) is 150 Å². The van der Waals surface area contributed by atoms with Gasteiger partial charge in [-0.3, -0.25) is 0 Å². The molecule has 0 aliphatic rings. The highest BCUT2D eigenvalue weighted by atomic mass is 32.1. The van der Waals surface area contributed by atoms with Crippen LogP contribution < -0.4 is 0 Å². The molecule has 28 heteroatoms. The number of benzene rings is 6. The molecule has 0 N–H and O–H groups in total. The van der Waals surface area contributed by atoms with Crippen LogP contribution in [0.25, 0.3) is 43.8 Å². The van der Waals surface area contributed by atoms with Gasteiger partial charge in [0.05, 0.1) is 5.92 Å². The van der Waals surface area contributed by atoms with E-state index in [0.717, 1.165) is 165 Å². The molecule has 0 saturated carbocycles. The molecule has 0 fully saturated rings. The number of hydrogen-bond acceptors (Lipinski definition) is 28. The molecule has 26 nitrogen and oxygen atoms in total. The lowest BCUT2D eigenvalue weighted by Gasteiger charge is -2.15. The first-order valence-electron chi connectivity index (χ1n) is 36.6. The molecular weight excluding hydrogens is 1620 g/mol. The van der Waals surface area contributed by atoms with Crippen molar-refractivity contribution < 1.29 is 123 Å². The highest BCUT2D eigenvalue weighted by molar-refractivity contribution is 7.12. The second-order valence-electron chi connectivity index (χ2n) is 24.4. The predicted molar refractivity (Wildman–Crippen MR) is 462 cm³/mol. The van der Waals surface area contributed by atoms with Crippen LogP contribution in [0.2, 0.25) is 0 Å². The minimum atomic E-state index is -0.527. The van der Waals surface area contributed by atoms with E-state index in [1.165, 1.54) is 22.7 Å². The van der Waals surface area contributed by atoms with Gasteiger partial charge in [0.25, 0.3) is 0 Å². The summed E-state index contributed by atoms with van der Waals surface area (Å²) < 4.78 is 70.4. The van der Waals surface area contributed by atoms with Gasteiger partial charge in [0.15, 0.2) is 0 Å². The molecule has 4 aromatic heterocycles. The van der Waals surface area contributed by atoms with Crippen LogP contribution in [0.15, 0.2) is 323 Å². The Morgan fingerprint density at radius 2 is 0.545 bits per heavy atom. The van der Waals surface area contributed by atoms with Gasteiger partial charge in [0.2, 0.25) is 0 Å². The van der Waals surface area contributed by atoms with Gasteiger partial charge in [-0.15, -0.1) is 11.3 Å². The normalized spacial score (nSPS) is 9.89. The topological polar surface area (TPSA) is 342 Å². The van der Waals surface area contributed by atoms with E-state index >= 15 is 0 Å². The quantitative estimate of drug-likeness (QED) is 0.0197. The van der Waals surface area contributed by atoms with Crippen molar-refractivity contribution in [1.29, 1.82) is 0 Å². The number of fused-ring (bicyclic) bond motifs is 4. The Balaban J connectivity index is 0.000000264. The average Bonchev–Trinajstić information content (AvgIpc) is 1.63. The predicted octanol–water partition coefficient (Wildman–Crippen LogP) is 17.4. The van der Waals surface area contributed by atoms with E-state index in [4.69, 9.17) is 65.7 Å². The van der Waals surface area contributed by atoms with Gasteiger partial charge in [-0.05, 0) is 138 Å². The molecule has 0 bridgehead atoms. The summed E-state index contributed by atoms with van der Waals surface area (Å²) in [6.07, 6.45) is 13.4. The molecule has 0 radical (unpaired) electrons. The van der Waals surface area contributed by atoms with Crippen LogP contribution >= 0.6 is 22.7 Å². The molecule has 123 heavy (non-hydrogen) atoms. The molecule has 0 spiro atoms. The standard InChI is InChI=1S/C20H16O5.C20H18O4.C18H16O4.C13H14O4S.C12H12O5.C12H12O4S/c1-3-19(21)23-11-13-5-7-17-15(9-13)16-10-14(6-8-18(16)25-17)12-24-20(22)4-2;1-3-19(21)23-13-15-5-9-17(10-6-15)18-11-7-16(8-12-18)14-24-20(22)4-2;1-3-17(19)21-11-13-5-7-16-10-14(6-8-15(16)9-13)12-22-18(20)4-2;1-3-12(14)16-7-11(8-17-13(15)4-2)10-5-6-18-9-10;2*1-3-11(13)15-7-9-5-6-10(17-9)8-16-12(14)4-2/h3-10H,1-2,11-12H2;3-12H,1-2,13-14H2;3-10H,1-2,11-12H2;3-6,9,11H,1-2,7-8H2;2*3-6H,1-2,7-8H2. The van der Waals surface area contributed by atoms with Gasteiger partial charge in [0.1, 0.15) is 102 Å². The minimum Gasteiger partial charge on any atom is -0.462 e. The van der Waals surface area contributed by atoms with Crippen LogP contribution in [0.5, 0.6) is 0 Å². The molecule has 636 valence electrons. The third-order valence-corrected chi connectivity index (χ3v) is 17.6. The summed E-state index contributed by atoms with van der Waals surface area (Å²) in [6, 6.07) is 47.0. The second kappa shape index (κ2) is 54.5. The van der Waals surface area contributed by atoms with Crippen molar-refractivity contribution in [3.63, 3.8) is 0 Å². The first-order valence-corrected chi connectivity index (χ1v) is 38.4. The third kappa shape index (κ3) is 37.0. The second-order valence-corrected chi connectivity index (χ2v) is 26.5. The number of ether oxygens (including phenoxy) is 12. The number of carbonyl (C=O) groups excluding carboxylic acids is 12. The van der Waals surface area contributed by atoms with Crippen LogP contribution in [0.3, 0.4) is 0 Å². The van der Waals surface area contributed by atoms with Crippen molar-refractivity contribution in [3.05, 3.63) is 374 Å². The summed E-state index contributed by atoms with van der Waals surface area (Å²) in [7, 11) is 0. The Kier molecular flexibility index (Phi) is 43.5. The van der Waals surface area contributed by atoms with Crippen molar-refractivity contribution in [2.24, 2.45) is 0 Å². The fraction of sp³-hybridized carbons (Fsp3) is 0.137. The summed E-state index contributed by atoms with van der Waals surface area (Å²) in [5.41, 5.74) is 9.80. The van der Waals surface area contributed by atoms with E-state index in [9.17, 15) is 57.5 Å². The van der Waals surface area contributed by atoms with Crippen LogP contribution in [0.1, 0.15) is 66.1 Å². The Morgan fingerprint density at radius 1 is 0.276 bits per heavy atom. The smallest absolute Gasteiger partial charge is 0.330 e. The van der Waals surface area contributed by atoms with Crippen LogP contribution in [-0.4, -0.2) is 84.8 Å². The maximum Gasteiger partial charge on any atom is 0.330 e. The SMILES string of the molecule is C=CC(=O)OCC(COC(=O)C=C)c1ccsc1.C=CC(=O)OCc1ccc(-c2ccc(COC(=O)C=C)cc2)cc1.C=CC(=O)OCc1ccc(COC(=O)C=C)o1.C=CC(=O)OCc1ccc(COC(=O)C=C)s1.C=CC(=O)OCc1ccc2cc(COC(=O)C=C)ccc2c1.C=CC(=O)OCc1ccc2oc3ccc(COC(=O)C=C)cc3c2c1. The highest BCUT2D eigenvalue weighted by Gasteiger charge is 2.18. The Bertz CT molecular complexity index is 5030. The molecular formula is C95H88O26S2. The van der Waals surface area contributed by atoms with E-state index in [2.05, 4.69) is 78.9 Å². The van der Waals surface area contributed by atoms with Crippen molar-refractivity contribution in [2.75, 3.05) is 13.2 Å². The molecule has 0 aliphatic carbocycles. The summed E-state index contributed by atoms with van der Waals surface area (Å²) in [6.45, 7) is 41.8. The van der Waals surface area contributed by atoms with Crippen molar-refractivity contribution in [2.45, 2.75) is 72.0 Å². The Hall–Kier alpha value is -15.4. The maximum absolute atomic E-state index is 11.2. The zero-order chi connectivity index (χ0) is 89.9. The highest BCUT2D eigenvalue weighted by Crippen LogP contribution is 2.32. The molecule has 0 aliphatic heterocycles. The largest absolute Gasteiger partial charge is 0.462 e. The number of thiophene rings is 2. The van der Waals surface area contributed by atoms with E-state index in [1.54, 1.807) is 12.1 Å². The van der Waals surface area contributed by atoms with Gasteiger partial charge < -0.3 is 65.7 Å². The Morgan fingerprint density at radius 3 is 0.846 bits per heavy atom. The van der Waals surface area contributed by atoms with Crippen LogP contribution in [0, 0.1) is 0 Å². The fourth-order valence-electron chi connectivity index (χ4n) is 9.63. The van der Waals surface area contributed by atoms with Gasteiger partial charge >= 0.3 is 71.6 Å². The van der Waals surface area contributed by atoms with Gasteiger partial charge in [-0.1, -0.05) is 164 Å². The molecule has 10 aromatic rings. The third-order valence-electron chi connectivity index (χ3n) is 15.8. The first-order chi connectivity index (χ1) is 59.3. The lowest BCUT2D eigenvalue weighted by molar-refractivity contribution is -0.142. The number of rotatable bonds is 38. The average molecular weight is 1710 g/mol. The maximum atomic E-state index is 11.2.